The van der Waals surface area contributed by atoms with Crippen molar-refractivity contribution in [2.75, 3.05) is 20.3 Å². The van der Waals surface area contributed by atoms with Crippen LogP contribution in [0.2, 0.25) is 0 Å². The van der Waals surface area contributed by atoms with Crippen LogP contribution in [-0.2, 0) is 20.8 Å². The topological polar surface area (TPSA) is 36.9 Å². The molecule has 1 heterocycles. The fourth-order valence-corrected chi connectivity index (χ4v) is 1.88. The molecule has 0 N–H and O–H groups in total. The third kappa shape index (κ3) is 3.70. The maximum absolute atomic E-state index is 5.66. The van der Waals surface area contributed by atoms with Crippen LogP contribution < -0.4 is 4.74 Å². The normalized spacial score (nSPS) is 22.1. The Bertz CT molecular complexity index is 372. The Kier molecular flexibility index (Phi) is 4.22. The Morgan fingerprint density at radius 1 is 1.28 bits per heavy atom. The van der Waals surface area contributed by atoms with Crippen molar-refractivity contribution >= 4 is 0 Å². The van der Waals surface area contributed by atoms with E-state index in [4.69, 9.17) is 18.9 Å². The van der Waals surface area contributed by atoms with Crippen LogP contribution in [-0.4, -0.2) is 32.2 Å². The monoisotopic (exact) mass is 252 g/mol. The van der Waals surface area contributed by atoms with Crippen LogP contribution in [0, 0.1) is 0 Å². The molecule has 0 amide bonds. The minimum absolute atomic E-state index is 0.0262. The van der Waals surface area contributed by atoms with Crippen LogP contribution in [0.25, 0.3) is 0 Å². The maximum atomic E-state index is 5.66. The molecule has 100 valence electrons. The number of ether oxygens (including phenoxy) is 4. The highest BCUT2D eigenvalue weighted by Gasteiger charge is 2.32. The highest BCUT2D eigenvalue weighted by Crippen LogP contribution is 2.22. The first kappa shape index (κ1) is 13.3. The van der Waals surface area contributed by atoms with Crippen LogP contribution >= 0.6 is 0 Å². The van der Waals surface area contributed by atoms with Crippen LogP contribution in [0.3, 0.4) is 0 Å². The highest BCUT2D eigenvalue weighted by atomic mass is 16.7. The molecule has 18 heavy (non-hydrogen) atoms. The molecule has 4 nitrogen and oxygen atoms in total. The molecule has 2 rings (SSSR count). The molecule has 0 bridgehead atoms. The van der Waals surface area contributed by atoms with Gasteiger partial charge >= 0.3 is 0 Å². The van der Waals surface area contributed by atoms with E-state index in [-0.39, 0.29) is 6.10 Å². The third-order valence-corrected chi connectivity index (χ3v) is 2.80. The van der Waals surface area contributed by atoms with Gasteiger partial charge in [0.2, 0.25) is 0 Å². The summed E-state index contributed by atoms with van der Waals surface area (Å²) in [6.07, 6.45) is 0.0262. The highest BCUT2D eigenvalue weighted by molar-refractivity contribution is 5.26. The summed E-state index contributed by atoms with van der Waals surface area (Å²) in [6, 6.07) is 7.84. The predicted molar refractivity (Wildman–Crippen MR) is 67.6 cm³/mol. The largest absolute Gasteiger partial charge is 0.497 e. The van der Waals surface area contributed by atoms with Crippen molar-refractivity contribution in [3.05, 3.63) is 29.8 Å². The van der Waals surface area contributed by atoms with Crippen LogP contribution in [0.4, 0.5) is 0 Å². The van der Waals surface area contributed by atoms with Gasteiger partial charge in [-0.3, -0.25) is 0 Å². The molecule has 1 aliphatic heterocycles. The molecule has 1 saturated heterocycles. The van der Waals surface area contributed by atoms with Crippen LogP contribution in [0.5, 0.6) is 5.75 Å². The first-order valence-electron chi connectivity index (χ1n) is 6.11. The second-order valence-electron chi connectivity index (χ2n) is 4.81. The van der Waals surface area contributed by atoms with E-state index in [9.17, 15) is 0 Å². The Labute approximate surface area is 108 Å². The van der Waals surface area contributed by atoms with Crippen LogP contribution in [0.15, 0.2) is 24.3 Å². The van der Waals surface area contributed by atoms with Gasteiger partial charge in [-0.1, -0.05) is 12.1 Å². The van der Waals surface area contributed by atoms with E-state index in [1.807, 2.05) is 38.1 Å². The number of benzene rings is 1. The Hall–Kier alpha value is -1.10. The van der Waals surface area contributed by atoms with Gasteiger partial charge in [-0.15, -0.1) is 0 Å². The SMILES string of the molecule is COc1ccc(COCC2COC(C)(C)O2)cc1. The quantitative estimate of drug-likeness (QED) is 0.806. The van der Waals surface area contributed by atoms with E-state index >= 15 is 0 Å². The molecule has 0 aromatic heterocycles. The zero-order valence-electron chi connectivity index (χ0n) is 11.1. The third-order valence-electron chi connectivity index (χ3n) is 2.80. The number of methoxy groups -OCH3 is 1. The molecule has 0 radical (unpaired) electrons. The Balaban J connectivity index is 1.72. The molecular weight excluding hydrogens is 232 g/mol. The summed E-state index contributed by atoms with van der Waals surface area (Å²) in [5.41, 5.74) is 1.12. The molecular formula is C14H20O4. The fourth-order valence-electron chi connectivity index (χ4n) is 1.88. The zero-order valence-corrected chi connectivity index (χ0v) is 11.1. The van der Waals surface area contributed by atoms with Gasteiger partial charge in [0.15, 0.2) is 5.79 Å². The Morgan fingerprint density at radius 3 is 2.56 bits per heavy atom. The summed E-state index contributed by atoms with van der Waals surface area (Å²) >= 11 is 0. The lowest BCUT2D eigenvalue weighted by atomic mass is 10.2. The fraction of sp³-hybridized carbons (Fsp3) is 0.571. The summed E-state index contributed by atoms with van der Waals surface area (Å²) in [4.78, 5) is 0. The van der Waals surface area contributed by atoms with Gasteiger partial charge in [0.25, 0.3) is 0 Å². The second kappa shape index (κ2) is 5.69. The van der Waals surface area contributed by atoms with Crippen molar-refractivity contribution in [2.24, 2.45) is 0 Å². The van der Waals surface area contributed by atoms with Gasteiger partial charge in [-0.05, 0) is 31.5 Å². The van der Waals surface area contributed by atoms with E-state index in [1.54, 1.807) is 7.11 Å². The molecule has 1 atom stereocenters. The summed E-state index contributed by atoms with van der Waals surface area (Å²) < 4.78 is 21.8. The number of rotatable bonds is 5. The van der Waals surface area contributed by atoms with E-state index in [0.29, 0.717) is 19.8 Å². The molecule has 1 aromatic carbocycles. The molecule has 1 fully saturated rings. The molecule has 1 aromatic rings. The lowest BCUT2D eigenvalue weighted by Crippen LogP contribution is -2.24. The van der Waals surface area contributed by atoms with E-state index < -0.39 is 5.79 Å². The summed E-state index contributed by atoms with van der Waals surface area (Å²) in [6.45, 7) is 5.54. The van der Waals surface area contributed by atoms with Crippen molar-refractivity contribution in [2.45, 2.75) is 32.3 Å². The lowest BCUT2D eigenvalue weighted by molar-refractivity contribution is -0.145. The van der Waals surface area contributed by atoms with Crippen LogP contribution in [0.1, 0.15) is 19.4 Å². The predicted octanol–water partition coefficient (Wildman–Crippen LogP) is 2.36. The maximum Gasteiger partial charge on any atom is 0.163 e. The van der Waals surface area contributed by atoms with Gasteiger partial charge in [-0.25, -0.2) is 0 Å². The number of hydrogen-bond acceptors (Lipinski definition) is 4. The van der Waals surface area contributed by atoms with E-state index in [1.165, 1.54) is 0 Å². The van der Waals surface area contributed by atoms with Gasteiger partial charge in [0, 0.05) is 0 Å². The lowest BCUT2D eigenvalue weighted by Gasteiger charge is -2.17. The minimum atomic E-state index is -0.478. The average molecular weight is 252 g/mol. The van der Waals surface area contributed by atoms with Gasteiger partial charge in [0.05, 0.1) is 26.9 Å². The first-order valence-corrected chi connectivity index (χ1v) is 6.11. The number of hydrogen-bond donors (Lipinski definition) is 0. The van der Waals surface area contributed by atoms with E-state index in [0.717, 1.165) is 11.3 Å². The summed E-state index contributed by atoms with van der Waals surface area (Å²) in [7, 11) is 1.66. The van der Waals surface area contributed by atoms with Crippen molar-refractivity contribution in [3.63, 3.8) is 0 Å². The molecule has 0 spiro atoms. The molecule has 1 unspecified atom stereocenters. The van der Waals surface area contributed by atoms with Crippen molar-refractivity contribution in [1.82, 2.24) is 0 Å². The molecule has 0 aliphatic carbocycles. The first-order chi connectivity index (χ1) is 8.59. The summed E-state index contributed by atoms with van der Waals surface area (Å²) in [5, 5.41) is 0. The van der Waals surface area contributed by atoms with Crippen molar-refractivity contribution in [1.29, 1.82) is 0 Å². The minimum Gasteiger partial charge on any atom is -0.497 e. The second-order valence-corrected chi connectivity index (χ2v) is 4.81. The van der Waals surface area contributed by atoms with Gasteiger partial charge in [-0.2, -0.15) is 0 Å². The van der Waals surface area contributed by atoms with Crippen molar-refractivity contribution < 1.29 is 18.9 Å². The zero-order chi connectivity index (χ0) is 13.0. The Morgan fingerprint density at radius 2 is 2.00 bits per heavy atom. The van der Waals surface area contributed by atoms with E-state index in [2.05, 4.69) is 0 Å². The van der Waals surface area contributed by atoms with Crippen molar-refractivity contribution in [3.8, 4) is 5.75 Å². The molecule has 0 saturated carbocycles. The van der Waals surface area contributed by atoms with Gasteiger partial charge < -0.3 is 18.9 Å². The smallest absolute Gasteiger partial charge is 0.163 e. The molecule has 1 aliphatic rings. The average Bonchev–Trinajstić information content (AvgIpc) is 2.70. The standard InChI is InChI=1S/C14H20O4/c1-14(2)17-10-13(18-14)9-16-8-11-4-6-12(15-3)7-5-11/h4-7,13H,8-10H2,1-3H3. The molecule has 4 heteroatoms. The summed E-state index contributed by atoms with van der Waals surface area (Å²) in [5.74, 6) is 0.377. The van der Waals surface area contributed by atoms with Gasteiger partial charge in [0.1, 0.15) is 11.9 Å².